The molecule has 0 spiro atoms. The summed E-state index contributed by atoms with van der Waals surface area (Å²) in [5.41, 5.74) is 2.34. The normalized spacial score (nSPS) is 10.6. The topological polar surface area (TPSA) is 56.1 Å². The first-order valence-electron chi connectivity index (χ1n) is 8.10. The molecule has 0 bridgehead atoms. The molecule has 0 radical (unpaired) electrons. The van der Waals surface area contributed by atoms with Gasteiger partial charge in [-0.2, -0.15) is 5.26 Å². The molecule has 0 aliphatic rings. The van der Waals surface area contributed by atoms with Gasteiger partial charge in [-0.05, 0) is 47.6 Å². The fourth-order valence-corrected chi connectivity index (χ4v) is 2.82. The average Bonchev–Trinajstić information content (AvgIpc) is 2.61. The first-order chi connectivity index (χ1) is 12.1. The summed E-state index contributed by atoms with van der Waals surface area (Å²) in [6.07, 6.45) is 0. The Labute approximate surface area is 147 Å². The van der Waals surface area contributed by atoms with Gasteiger partial charge in [0.05, 0.1) is 18.2 Å². The second-order valence-corrected chi connectivity index (χ2v) is 6.09. The molecule has 3 aromatic rings. The van der Waals surface area contributed by atoms with Gasteiger partial charge in [0.15, 0.2) is 0 Å². The Morgan fingerprint density at radius 1 is 1.04 bits per heavy atom. The van der Waals surface area contributed by atoms with E-state index in [2.05, 4.69) is 41.7 Å². The van der Waals surface area contributed by atoms with E-state index in [0.29, 0.717) is 17.8 Å². The molecule has 3 rings (SSSR count). The van der Waals surface area contributed by atoms with Crippen molar-refractivity contribution in [1.82, 2.24) is 4.90 Å². The molecule has 4 nitrogen and oxygen atoms in total. The van der Waals surface area contributed by atoms with Gasteiger partial charge in [0, 0.05) is 12.2 Å². The highest BCUT2D eigenvalue weighted by Gasteiger charge is 2.08. The molecule has 0 heterocycles. The summed E-state index contributed by atoms with van der Waals surface area (Å²) in [5.74, 6) is -0.0987. The first kappa shape index (κ1) is 16.7. The molecular weight excluding hydrogens is 310 g/mol. The van der Waals surface area contributed by atoms with Gasteiger partial charge in [-0.15, -0.1) is 0 Å². The number of anilines is 1. The minimum Gasteiger partial charge on any atom is -0.325 e. The number of hydrogen-bond donors (Lipinski definition) is 1. The summed E-state index contributed by atoms with van der Waals surface area (Å²) in [5, 5.41) is 14.2. The lowest BCUT2D eigenvalue weighted by Gasteiger charge is -2.17. The number of fused-ring (bicyclic) bond motifs is 1. The third-order valence-corrected chi connectivity index (χ3v) is 3.96. The van der Waals surface area contributed by atoms with Crippen molar-refractivity contribution in [3.05, 3.63) is 77.9 Å². The number of carbonyl (C=O) groups excluding carboxylic acids is 1. The molecule has 0 saturated carbocycles. The van der Waals surface area contributed by atoms with Gasteiger partial charge in [0.2, 0.25) is 5.91 Å². The van der Waals surface area contributed by atoms with E-state index in [9.17, 15) is 4.79 Å². The van der Waals surface area contributed by atoms with Gasteiger partial charge in [-0.1, -0.05) is 42.5 Å². The molecule has 1 N–H and O–H groups in total. The number of benzene rings is 3. The zero-order chi connectivity index (χ0) is 17.6. The maximum Gasteiger partial charge on any atom is 0.238 e. The predicted molar refractivity (Wildman–Crippen MR) is 100 cm³/mol. The molecule has 3 aromatic carbocycles. The molecule has 0 atom stereocenters. The third kappa shape index (κ3) is 4.43. The highest BCUT2D eigenvalue weighted by molar-refractivity contribution is 5.92. The fraction of sp³-hybridized carbons (Fsp3) is 0.143. The Morgan fingerprint density at radius 3 is 2.64 bits per heavy atom. The minimum atomic E-state index is -0.0987. The average molecular weight is 329 g/mol. The number of carbonyl (C=O) groups is 1. The Morgan fingerprint density at radius 2 is 1.84 bits per heavy atom. The number of hydrogen-bond acceptors (Lipinski definition) is 3. The molecule has 0 unspecified atom stereocenters. The standard InChI is InChI=1S/C21H19N3O/c1-24(14-17-9-10-18-6-2-3-7-19(18)11-17)15-21(25)23-20-8-4-5-16(12-20)13-22/h2-12H,14-15H2,1H3,(H,23,25). The van der Waals surface area contributed by atoms with Gasteiger partial charge in [0.1, 0.15) is 0 Å². The largest absolute Gasteiger partial charge is 0.325 e. The Balaban J connectivity index is 1.60. The SMILES string of the molecule is CN(CC(=O)Nc1cccc(C#N)c1)Cc1ccc2ccccc2c1. The van der Waals surface area contributed by atoms with Crippen LogP contribution >= 0.6 is 0 Å². The third-order valence-electron chi connectivity index (χ3n) is 3.96. The number of nitrogens with one attached hydrogen (secondary N) is 1. The van der Waals surface area contributed by atoms with Crippen LogP contribution in [0.1, 0.15) is 11.1 Å². The smallest absolute Gasteiger partial charge is 0.238 e. The van der Waals surface area contributed by atoms with Crippen molar-refractivity contribution in [2.75, 3.05) is 18.9 Å². The maximum atomic E-state index is 12.2. The van der Waals surface area contributed by atoms with Crippen molar-refractivity contribution in [1.29, 1.82) is 5.26 Å². The van der Waals surface area contributed by atoms with Crippen molar-refractivity contribution < 1.29 is 4.79 Å². The van der Waals surface area contributed by atoms with Crippen LogP contribution in [0.4, 0.5) is 5.69 Å². The van der Waals surface area contributed by atoms with E-state index in [1.165, 1.54) is 16.3 Å². The number of amides is 1. The van der Waals surface area contributed by atoms with Crippen molar-refractivity contribution in [2.24, 2.45) is 0 Å². The minimum absolute atomic E-state index is 0.0987. The van der Waals surface area contributed by atoms with Crippen molar-refractivity contribution in [3.63, 3.8) is 0 Å². The Kier molecular flexibility index (Phi) is 5.08. The van der Waals surface area contributed by atoms with E-state index in [0.717, 1.165) is 0 Å². The van der Waals surface area contributed by atoms with Gasteiger partial charge >= 0.3 is 0 Å². The second kappa shape index (κ2) is 7.61. The lowest BCUT2D eigenvalue weighted by atomic mass is 10.1. The number of nitrogens with zero attached hydrogens (tertiary/aromatic N) is 2. The summed E-state index contributed by atoms with van der Waals surface area (Å²) < 4.78 is 0. The van der Waals surface area contributed by atoms with Crippen LogP contribution in [0.2, 0.25) is 0 Å². The van der Waals surface area contributed by atoms with Gasteiger partial charge in [-0.25, -0.2) is 0 Å². The molecule has 0 aliphatic heterocycles. The Hall–Kier alpha value is -3.16. The second-order valence-electron chi connectivity index (χ2n) is 6.09. The molecular formula is C21H19N3O. The highest BCUT2D eigenvalue weighted by Crippen LogP contribution is 2.16. The van der Waals surface area contributed by atoms with Crippen LogP contribution < -0.4 is 5.32 Å². The molecule has 0 aromatic heterocycles. The number of nitriles is 1. The molecule has 0 saturated heterocycles. The first-order valence-corrected chi connectivity index (χ1v) is 8.10. The fourth-order valence-electron chi connectivity index (χ4n) is 2.82. The van der Waals surface area contributed by atoms with E-state index in [1.54, 1.807) is 24.3 Å². The van der Waals surface area contributed by atoms with Crippen LogP contribution in [0.25, 0.3) is 10.8 Å². The lowest BCUT2D eigenvalue weighted by Crippen LogP contribution is -2.29. The van der Waals surface area contributed by atoms with Crippen LogP contribution in [0, 0.1) is 11.3 Å². The monoisotopic (exact) mass is 329 g/mol. The Bertz CT molecular complexity index is 943. The molecule has 4 heteroatoms. The van der Waals surface area contributed by atoms with E-state index < -0.39 is 0 Å². The lowest BCUT2D eigenvalue weighted by molar-refractivity contribution is -0.117. The molecule has 1 amide bonds. The van der Waals surface area contributed by atoms with Gasteiger partial charge in [0.25, 0.3) is 0 Å². The van der Waals surface area contributed by atoms with Crippen LogP contribution in [0.5, 0.6) is 0 Å². The quantitative estimate of drug-likeness (QED) is 0.775. The van der Waals surface area contributed by atoms with Crippen LogP contribution in [-0.2, 0) is 11.3 Å². The van der Waals surface area contributed by atoms with Crippen molar-refractivity contribution in [2.45, 2.75) is 6.54 Å². The van der Waals surface area contributed by atoms with Crippen LogP contribution in [0.15, 0.2) is 66.7 Å². The van der Waals surface area contributed by atoms with Gasteiger partial charge < -0.3 is 5.32 Å². The summed E-state index contributed by atoms with van der Waals surface area (Å²) in [7, 11) is 1.92. The number of likely N-dealkylation sites (N-methyl/N-ethyl adjacent to an activating group) is 1. The summed E-state index contributed by atoms with van der Waals surface area (Å²) in [6, 6.07) is 23.6. The van der Waals surface area contributed by atoms with Crippen molar-refractivity contribution in [3.8, 4) is 6.07 Å². The highest BCUT2D eigenvalue weighted by atomic mass is 16.2. The predicted octanol–water partition coefficient (Wildman–Crippen LogP) is 3.78. The molecule has 0 fully saturated rings. The zero-order valence-electron chi connectivity index (χ0n) is 14.1. The number of rotatable bonds is 5. The summed E-state index contributed by atoms with van der Waals surface area (Å²) in [6.45, 7) is 0.972. The summed E-state index contributed by atoms with van der Waals surface area (Å²) in [4.78, 5) is 14.2. The van der Waals surface area contributed by atoms with Crippen LogP contribution in [-0.4, -0.2) is 24.4 Å². The van der Waals surface area contributed by atoms with Gasteiger partial charge in [-0.3, -0.25) is 9.69 Å². The molecule has 25 heavy (non-hydrogen) atoms. The summed E-state index contributed by atoms with van der Waals surface area (Å²) >= 11 is 0. The molecule has 124 valence electrons. The van der Waals surface area contributed by atoms with E-state index >= 15 is 0 Å². The van der Waals surface area contributed by atoms with Crippen molar-refractivity contribution >= 4 is 22.4 Å². The van der Waals surface area contributed by atoms with E-state index in [1.807, 2.05) is 24.1 Å². The zero-order valence-corrected chi connectivity index (χ0v) is 14.1. The van der Waals surface area contributed by atoms with E-state index in [-0.39, 0.29) is 12.5 Å². The maximum absolute atomic E-state index is 12.2. The van der Waals surface area contributed by atoms with E-state index in [4.69, 9.17) is 5.26 Å². The van der Waals surface area contributed by atoms with Crippen LogP contribution in [0.3, 0.4) is 0 Å². The molecule has 0 aliphatic carbocycles.